The summed E-state index contributed by atoms with van der Waals surface area (Å²) in [6.45, 7) is 3.57. The second-order valence-electron chi connectivity index (χ2n) is 4.57. The van der Waals surface area contributed by atoms with Gasteiger partial charge in [-0.05, 0) is 18.2 Å². The van der Waals surface area contributed by atoms with Gasteiger partial charge < -0.3 is 15.2 Å². The van der Waals surface area contributed by atoms with E-state index >= 15 is 0 Å². The molecule has 0 aliphatic carbocycles. The van der Waals surface area contributed by atoms with Gasteiger partial charge in [-0.3, -0.25) is 4.90 Å². The number of ether oxygens (including phenoxy) is 1. The lowest BCUT2D eigenvalue weighted by molar-refractivity contribution is 0.0171. The molecule has 0 spiro atoms. The van der Waals surface area contributed by atoms with Crippen LogP contribution < -0.4 is 5.32 Å². The summed E-state index contributed by atoms with van der Waals surface area (Å²) in [6.07, 6.45) is -0.638. The van der Waals surface area contributed by atoms with Crippen LogP contribution in [0.4, 0.5) is 14.5 Å². The van der Waals surface area contributed by atoms with Crippen molar-refractivity contribution in [2.45, 2.75) is 6.10 Å². The van der Waals surface area contributed by atoms with Gasteiger partial charge in [0.25, 0.3) is 0 Å². The van der Waals surface area contributed by atoms with Crippen LogP contribution in [0.5, 0.6) is 0 Å². The number of hydrogen-bond acceptors (Lipinski definition) is 4. The molecule has 1 aromatic carbocycles. The molecular formula is C13H18F2N2O2. The number of halogens is 2. The molecule has 1 fully saturated rings. The molecule has 106 valence electrons. The van der Waals surface area contributed by atoms with Gasteiger partial charge >= 0.3 is 0 Å². The van der Waals surface area contributed by atoms with Crippen molar-refractivity contribution >= 4 is 5.69 Å². The molecule has 0 radical (unpaired) electrons. The quantitative estimate of drug-likeness (QED) is 0.841. The molecule has 19 heavy (non-hydrogen) atoms. The van der Waals surface area contributed by atoms with E-state index in [9.17, 15) is 13.9 Å². The average molecular weight is 272 g/mol. The predicted molar refractivity (Wildman–Crippen MR) is 68.1 cm³/mol. The molecule has 0 saturated carbocycles. The smallest absolute Gasteiger partial charge is 0.146 e. The topological polar surface area (TPSA) is 44.7 Å². The molecule has 1 atom stereocenters. The van der Waals surface area contributed by atoms with Gasteiger partial charge in [0.05, 0.1) is 25.0 Å². The summed E-state index contributed by atoms with van der Waals surface area (Å²) in [7, 11) is 0. The van der Waals surface area contributed by atoms with E-state index in [-0.39, 0.29) is 12.2 Å². The number of morpholine rings is 1. The fourth-order valence-corrected chi connectivity index (χ4v) is 2.01. The van der Waals surface area contributed by atoms with Crippen molar-refractivity contribution in [2.24, 2.45) is 0 Å². The second kappa shape index (κ2) is 6.79. The van der Waals surface area contributed by atoms with Gasteiger partial charge in [0.2, 0.25) is 0 Å². The van der Waals surface area contributed by atoms with Crippen LogP contribution in [0.1, 0.15) is 0 Å². The molecule has 1 aliphatic rings. The second-order valence-corrected chi connectivity index (χ2v) is 4.57. The number of nitrogens with one attached hydrogen (secondary N) is 1. The van der Waals surface area contributed by atoms with Gasteiger partial charge in [-0.25, -0.2) is 8.78 Å². The lowest BCUT2D eigenvalue weighted by Gasteiger charge is -2.28. The molecule has 1 heterocycles. The van der Waals surface area contributed by atoms with Crippen LogP contribution in [0.15, 0.2) is 18.2 Å². The van der Waals surface area contributed by atoms with E-state index < -0.39 is 17.7 Å². The van der Waals surface area contributed by atoms with Gasteiger partial charge in [-0.2, -0.15) is 0 Å². The maximum atomic E-state index is 13.3. The van der Waals surface area contributed by atoms with Crippen molar-refractivity contribution in [2.75, 3.05) is 44.7 Å². The van der Waals surface area contributed by atoms with Crippen LogP contribution in [0.25, 0.3) is 0 Å². The summed E-state index contributed by atoms with van der Waals surface area (Å²) in [5.41, 5.74) is 0.0704. The fourth-order valence-electron chi connectivity index (χ4n) is 2.01. The Labute approximate surface area is 111 Å². The van der Waals surface area contributed by atoms with Crippen molar-refractivity contribution in [3.8, 4) is 0 Å². The fraction of sp³-hybridized carbons (Fsp3) is 0.538. The maximum Gasteiger partial charge on any atom is 0.146 e. The first-order chi connectivity index (χ1) is 9.15. The summed E-state index contributed by atoms with van der Waals surface area (Å²) in [4.78, 5) is 2.08. The van der Waals surface area contributed by atoms with E-state index in [1.807, 2.05) is 0 Å². The Morgan fingerprint density at radius 3 is 2.79 bits per heavy atom. The molecule has 0 bridgehead atoms. The number of aliphatic hydroxyl groups is 1. The van der Waals surface area contributed by atoms with Crippen molar-refractivity contribution in [1.29, 1.82) is 0 Å². The molecule has 0 aromatic heterocycles. The highest BCUT2D eigenvalue weighted by molar-refractivity contribution is 5.44. The summed E-state index contributed by atoms with van der Waals surface area (Å²) in [5.74, 6) is -1.04. The third kappa shape index (κ3) is 4.41. The Morgan fingerprint density at radius 1 is 1.32 bits per heavy atom. The zero-order valence-corrected chi connectivity index (χ0v) is 10.6. The Balaban J connectivity index is 1.79. The van der Waals surface area contributed by atoms with E-state index in [1.54, 1.807) is 0 Å². The van der Waals surface area contributed by atoms with Crippen molar-refractivity contribution in [3.63, 3.8) is 0 Å². The summed E-state index contributed by atoms with van der Waals surface area (Å²) >= 11 is 0. The average Bonchev–Trinajstić information content (AvgIpc) is 2.41. The lowest BCUT2D eigenvalue weighted by atomic mass is 10.2. The first-order valence-corrected chi connectivity index (χ1v) is 6.32. The SMILES string of the molecule is OC(CNc1cc(F)ccc1F)CN1CCOCC1. The molecule has 1 unspecified atom stereocenters. The normalized spacial score (nSPS) is 18.3. The minimum absolute atomic E-state index is 0.0704. The third-order valence-electron chi connectivity index (χ3n) is 3.03. The summed E-state index contributed by atoms with van der Waals surface area (Å²) in [6, 6.07) is 3.20. The zero-order chi connectivity index (χ0) is 13.7. The molecule has 1 saturated heterocycles. The molecular weight excluding hydrogens is 254 g/mol. The van der Waals surface area contributed by atoms with Gasteiger partial charge in [0, 0.05) is 26.2 Å². The van der Waals surface area contributed by atoms with Crippen LogP contribution >= 0.6 is 0 Å². The first kappa shape index (κ1) is 14.2. The van der Waals surface area contributed by atoms with E-state index in [4.69, 9.17) is 4.74 Å². The summed E-state index contributed by atoms with van der Waals surface area (Å²) < 4.78 is 31.5. The molecule has 6 heteroatoms. The molecule has 2 rings (SSSR count). The van der Waals surface area contributed by atoms with Crippen LogP contribution in [-0.2, 0) is 4.74 Å². The van der Waals surface area contributed by atoms with Crippen molar-refractivity contribution < 1.29 is 18.6 Å². The standard InChI is InChI=1S/C13H18F2N2O2/c14-10-1-2-12(15)13(7-10)16-8-11(18)9-17-3-5-19-6-4-17/h1-2,7,11,16,18H,3-6,8-9H2. The first-order valence-electron chi connectivity index (χ1n) is 6.32. The van der Waals surface area contributed by atoms with E-state index in [1.165, 1.54) is 0 Å². The number of benzene rings is 1. The molecule has 1 aromatic rings. The highest BCUT2D eigenvalue weighted by Gasteiger charge is 2.15. The molecule has 4 nitrogen and oxygen atoms in total. The van der Waals surface area contributed by atoms with E-state index in [2.05, 4.69) is 10.2 Å². The highest BCUT2D eigenvalue weighted by Crippen LogP contribution is 2.15. The third-order valence-corrected chi connectivity index (χ3v) is 3.03. The largest absolute Gasteiger partial charge is 0.390 e. The Morgan fingerprint density at radius 2 is 2.05 bits per heavy atom. The number of aliphatic hydroxyl groups excluding tert-OH is 1. The predicted octanol–water partition coefficient (Wildman–Crippen LogP) is 1.07. The highest BCUT2D eigenvalue weighted by atomic mass is 19.1. The van der Waals surface area contributed by atoms with Gasteiger partial charge in [0.1, 0.15) is 11.6 Å². The molecule has 1 aliphatic heterocycles. The van der Waals surface area contributed by atoms with Gasteiger partial charge in [-0.15, -0.1) is 0 Å². The van der Waals surface area contributed by atoms with Crippen LogP contribution in [-0.4, -0.2) is 55.5 Å². The number of rotatable bonds is 5. The van der Waals surface area contributed by atoms with Crippen LogP contribution in [0, 0.1) is 11.6 Å². The monoisotopic (exact) mass is 272 g/mol. The minimum atomic E-state index is -0.638. The number of nitrogens with zero attached hydrogens (tertiary/aromatic N) is 1. The maximum absolute atomic E-state index is 13.3. The van der Waals surface area contributed by atoms with Crippen molar-refractivity contribution in [1.82, 2.24) is 4.90 Å². The van der Waals surface area contributed by atoms with Gasteiger partial charge in [-0.1, -0.05) is 0 Å². The van der Waals surface area contributed by atoms with Crippen molar-refractivity contribution in [3.05, 3.63) is 29.8 Å². The zero-order valence-electron chi connectivity index (χ0n) is 10.6. The molecule has 0 amide bonds. The lowest BCUT2D eigenvalue weighted by Crippen LogP contribution is -2.42. The number of anilines is 1. The Bertz CT molecular complexity index is 412. The van der Waals surface area contributed by atoms with E-state index in [0.717, 1.165) is 31.3 Å². The summed E-state index contributed by atoms with van der Waals surface area (Å²) in [5, 5.41) is 12.6. The van der Waals surface area contributed by atoms with Crippen LogP contribution in [0.2, 0.25) is 0 Å². The van der Waals surface area contributed by atoms with Crippen LogP contribution in [0.3, 0.4) is 0 Å². The van der Waals surface area contributed by atoms with Gasteiger partial charge in [0.15, 0.2) is 0 Å². The minimum Gasteiger partial charge on any atom is -0.390 e. The number of hydrogen-bond donors (Lipinski definition) is 2. The van der Waals surface area contributed by atoms with E-state index in [0.29, 0.717) is 19.8 Å². The molecule has 2 N–H and O–H groups in total. The Hall–Kier alpha value is -1.24. The Kier molecular flexibility index (Phi) is 5.07. The number of β-amino-alcohol motifs (C(OH)–C–C–N with tert-alkyl or cyclic N) is 1.